The number of amides is 1. The number of rotatable bonds is 2. The summed E-state index contributed by atoms with van der Waals surface area (Å²) in [6.07, 6.45) is 1.98. The number of hydrogen-bond donors (Lipinski definition) is 1. The fourth-order valence-corrected chi connectivity index (χ4v) is 2.69. The molecule has 0 aromatic heterocycles. The van der Waals surface area contributed by atoms with Gasteiger partial charge in [0, 0.05) is 11.6 Å². The van der Waals surface area contributed by atoms with Crippen molar-refractivity contribution in [3.63, 3.8) is 0 Å². The highest BCUT2D eigenvalue weighted by Crippen LogP contribution is 2.33. The van der Waals surface area contributed by atoms with Gasteiger partial charge >= 0.3 is 0 Å². The summed E-state index contributed by atoms with van der Waals surface area (Å²) >= 11 is 0. The highest BCUT2D eigenvalue weighted by atomic mass is 16.2. The van der Waals surface area contributed by atoms with E-state index in [4.69, 9.17) is 0 Å². The summed E-state index contributed by atoms with van der Waals surface area (Å²) in [4.78, 5) is 12.3. The Morgan fingerprint density at radius 2 is 1.73 bits per heavy atom. The quantitative estimate of drug-likeness (QED) is 0.921. The van der Waals surface area contributed by atoms with E-state index in [1.54, 1.807) is 0 Å². The minimum absolute atomic E-state index is 0.227. The standard InChI is InChI=1S/C19H16N2O/c1-13-7-9-14(10-8-13)16-11-18(15-5-3-2-4-6-15)21-19(22)17(16)12-20/h2-11,16-17H,1H3,(H,21,22)/t16-,17+/m1/s1. The van der Waals surface area contributed by atoms with Gasteiger partial charge in [0.2, 0.25) is 5.91 Å². The number of aryl methyl sites for hydroxylation is 1. The van der Waals surface area contributed by atoms with Crippen molar-refractivity contribution in [1.29, 1.82) is 5.26 Å². The van der Waals surface area contributed by atoms with Crippen molar-refractivity contribution in [2.24, 2.45) is 5.92 Å². The summed E-state index contributed by atoms with van der Waals surface area (Å²) in [5.74, 6) is -1.17. The first kappa shape index (κ1) is 14.1. The smallest absolute Gasteiger partial charge is 0.242 e. The average Bonchev–Trinajstić information content (AvgIpc) is 2.55. The van der Waals surface area contributed by atoms with Gasteiger partial charge in [0.05, 0.1) is 6.07 Å². The Hall–Kier alpha value is -2.86. The SMILES string of the molecule is Cc1ccc([C@H]2C=C(c3ccccc3)NC(=O)[C@H]2C#N)cc1. The van der Waals surface area contributed by atoms with E-state index in [0.29, 0.717) is 0 Å². The minimum Gasteiger partial charge on any atom is -0.325 e. The second kappa shape index (κ2) is 5.87. The maximum absolute atomic E-state index is 12.3. The van der Waals surface area contributed by atoms with Crippen molar-refractivity contribution in [2.75, 3.05) is 0 Å². The number of nitrogens with zero attached hydrogens (tertiary/aromatic N) is 1. The van der Waals surface area contributed by atoms with Gasteiger partial charge in [-0.1, -0.05) is 66.2 Å². The van der Waals surface area contributed by atoms with E-state index >= 15 is 0 Å². The normalized spacial score (nSPS) is 20.7. The number of carbonyl (C=O) groups excluding carboxylic acids is 1. The molecule has 1 aliphatic heterocycles. The van der Waals surface area contributed by atoms with E-state index in [1.165, 1.54) is 0 Å². The predicted octanol–water partition coefficient (Wildman–Crippen LogP) is 3.39. The molecular formula is C19H16N2O. The number of allylic oxidation sites excluding steroid dienone is 1. The van der Waals surface area contributed by atoms with Crippen molar-refractivity contribution in [2.45, 2.75) is 12.8 Å². The van der Waals surface area contributed by atoms with Crippen LogP contribution in [0.1, 0.15) is 22.6 Å². The van der Waals surface area contributed by atoms with E-state index in [9.17, 15) is 10.1 Å². The average molecular weight is 288 g/mol. The Balaban J connectivity index is 2.05. The molecule has 3 heteroatoms. The molecule has 0 radical (unpaired) electrons. The van der Waals surface area contributed by atoms with Crippen molar-refractivity contribution in [3.8, 4) is 6.07 Å². The molecule has 3 nitrogen and oxygen atoms in total. The maximum Gasteiger partial charge on any atom is 0.242 e. The summed E-state index contributed by atoms with van der Waals surface area (Å²) in [6, 6.07) is 19.8. The molecule has 0 bridgehead atoms. The van der Waals surface area contributed by atoms with Gasteiger partial charge in [-0.2, -0.15) is 5.26 Å². The molecule has 0 aliphatic carbocycles. The zero-order valence-electron chi connectivity index (χ0n) is 12.3. The molecule has 0 spiro atoms. The summed E-state index contributed by atoms with van der Waals surface area (Å²) in [5, 5.41) is 12.2. The summed E-state index contributed by atoms with van der Waals surface area (Å²) < 4.78 is 0. The molecule has 2 aromatic carbocycles. The van der Waals surface area contributed by atoms with Gasteiger partial charge in [-0.25, -0.2) is 0 Å². The highest BCUT2D eigenvalue weighted by molar-refractivity contribution is 5.93. The molecule has 1 heterocycles. The fourth-order valence-electron chi connectivity index (χ4n) is 2.69. The van der Waals surface area contributed by atoms with Crippen LogP contribution in [0.15, 0.2) is 60.7 Å². The molecule has 1 amide bonds. The second-order valence-electron chi connectivity index (χ2n) is 5.48. The van der Waals surface area contributed by atoms with Crippen molar-refractivity contribution >= 4 is 11.6 Å². The topological polar surface area (TPSA) is 52.9 Å². The lowest BCUT2D eigenvalue weighted by Crippen LogP contribution is -2.36. The first-order valence-electron chi connectivity index (χ1n) is 7.23. The molecule has 2 atom stereocenters. The van der Waals surface area contributed by atoms with Gasteiger partial charge in [-0.05, 0) is 18.1 Å². The maximum atomic E-state index is 12.3. The molecule has 1 aliphatic rings. The molecule has 0 unspecified atom stereocenters. The van der Waals surface area contributed by atoms with Crippen LogP contribution in [-0.4, -0.2) is 5.91 Å². The second-order valence-corrected chi connectivity index (χ2v) is 5.48. The van der Waals surface area contributed by atoms with Gasteiger partial charge in [0.1, 0.15) is 5.92 Å². The zero-order valence-corrected chi connectivity index (χ0v) is 12.3. The monoisotopic (exact) mass is 288 g/mol. The Bertz CT molecular complexity index is 754. The molecule has 0 fully saturated rings. The lowest BCUT2D eigenvalue weighted by Gasteiger charge is -2.26. The van der Waals surface area contributed by atoms with Gasteiger partial charge in [-0.3, -0.25) is 4.79 Å². The third kappa shape index (κ3) is 2.64. The largest absolute Gasteiger partial charge is 0.325 e. The number of nitrogens with one attached hydrogen (secondary N) is 1. The molecule has 2 aromatic rings. The van der Waals surface area contributed by atoms with Crippen LogP contribution >= 0.6 is 0 Å². The summed E-state index contributed by atoms with van der Waals surface area (Å²) in [6.45, 7) is 2.02. The summed E-state index contributed by atoms with van der Waals surface area (Å²) in [7, 11) is 0. The van der Waals surface area contributed by atoms with Gasteiger partial charge in [-0.15, -0.1) is 0 Å². The van der Waals surface area contributed by atoms with Gasteiger partial charge < -0.3 is 5.32 Å². The number of carbonyl (C=O) groups is 1. The van der Waals surface area contributed by atoms with Crippen LogP contribution in [-0.2, 0) is 4.79 Å². The Labute approximate surface area is 129 Å². The molecular weight excluding hydrogens is 272 g/mol. The Morgan fingerprint density at radius 1 is 1.05 bits per heavy atom. The van der Waals surface area contributed by atoms with Crippen LogP contribution in [0.4, 0.5) is 0 Å². The number of nitriles is 1. The lowest BCUT2D eigenvalue weighted by atomic mass is 9.82. The Morgan fingerprint density at radius 3 is 2.36 bits per heavy atom. The van der Waals surface area contributed by atoms with E-state index in [-0.39, 0.29) is 11.8 Å². The molecule has 22 heavy (non-hydrogen) atoms. The van der Waals surface area contributed by atoms with E-state index in [1.807, 2.05) is 67.6 Å². The van der Waals surface area contributed by atoms with Crippen LogP contribution in [0.25, 0.3) is 5.70 Å². The van der Waals surface area contributed by atoms with Gasteiger partial charge in [0.25, 0.3) is 0 Å². The zero-order chi connectivity index (χ0) is 15.5. The third-order valence-corrected chi connectivity index (χ3v) is 3.93. The molecule has 108 valence electrons. The van der Waals surface area contributed by atoms with Crippen LogP contribution in [0.2, 0.25) is 0 Å². The molecule has 1 N–H and O–H groups in total. The predicted molar refractivity (Wildman–Crippen MR) is 85.6 cm³/mol. The minimum atomic E-state index is -0.699. The number of benzene rings is 2. The van der Waals surface area contributed by atoms with Crippen molar-refractivity contribution in [3.05, 3.63) is 77.4 Å². The van der Waals surface area contributed by atoms with Crippen LogP contribution in [0.5, 0.6) is 0 Å². The lowest BCUT2D eigenvalue weighted by molar-refractivity contribution is -0.122. The van der Waals surface area contributed by atoms with Crippen molar-refractivity contribution < 1.29 is 4.79 Å². The third-order valence-electron chi connectivity index (χ3n) is 3.93. The van der Waals surface area contributed by atoms with Crippen LogP contribution in [0.3, 0.4) is 0 Å². The molecule has 3 rings (SSSR count). The highest BCUT2D eigenvalue weighted by Gasteiger charge is 2.33. The molecule has 0 saturated carbocycles. The number of hydrogen-bond acceptors (Lipinski definition) is 2. The van der Waals surface area contributed by atoms with Crippen LogP contribution < -0.4 is 5.32 Å². The van der Waals surface area contributed by atoms with Gasteiger partial charge in [0.15, 0.2) is 0 Å². The summed E-state index contributed by atoms with van der Waals surface area (Å²) in [5.41, 5.74) is 3.86. The Kier molecular flexibility index (Phi) is 3.76. The first-order valence-corrected chi connectivity index (χ1v) is 7.23. The van der Waals surface area contributed by atoms with E-state index in [0.717, 1.165) is 22.4 Å². The van der Waals surface area contributed by atoms with E-state index in [2.05, 4.69) is 11.4 Å². The molecule has 0 saturated heterocycles. The van der Waals surface area contributed by atoms with E-state index < -0.39 is 5.92 Å². The van der Waals surface area contributed by atoms with Crippen LogP contribution in [0, 0.1) is 24.2 Å². The first-order chi connectivity index (χ1) is 10.7. The van der Waals surface area contributed by atoms with Crippen molar-refractivity contribution in [1.82, 2.24) is 5.32 Å². The fraction of sp³-hybridized carbons (Fsp3) is 0.158.